The summed E-state index contributed by atoms with van der Waals surface area (Å²) in [4.78, 5) is 17.5. The van der Waals surface area contributed by atoms with Crippen LogP contribution in [-0.2, 0) is 19.3 Å². The molecule has 1 fully saturated rings. The van der Waals surface area contributed by atoms with Crippen molar-refractivity contribution in [3.05, 3.63) is 40.5 Å². The third-order valence-electron chi connectivity index (χ3n) is 5.91. The number of ether oxygens (including phenoxy) is 1. The van der Waals surface area contributed by atoms with E-state index in [4.69, 9.17) is 14.7 Å². The summed E-state index contributed by atoms with van der Waals surface area (Å²) < 4.78 is 5.56. The lowest BCUT2D eigenvalue weighted by Crippen LogP contribution is -2.47. The second-order valence-electron chi connectivity index (χ2n) is 7.50. The number of rotatable bonds is 4. The minimum atomic E-state index is 0.882. The monoisotopic (exact) mass is 394 g/mol. The molecule has 1 saturated heterocycles. The van der Waals surface area contributed by atoms with E-state index >= 15 is 0 Å². The van der Waals surface area contributed by atoms with Crippen molar-refractivity contribution in [2.24, 2.45) is 0 Å². The SMILES string of the molecule is CCc1nc(N2CCN(c3ccccc3OC)CC2)c2c3c(sc2n1)CCC3. The fourth-order valence-electron chi connectivity index (χ4n) is 4.46. The molecule has 0 spiro atoms. The second-order valence-corrected chi connectivity index (χ2v) is 8.58. The summed E-state index contributed by atoms with van der Waals surface area (Å²) in [7, 11) is 1.75. The van der Waals surface area contributed by atoms with E-state index < -0.39 is 0 Å². The molecule has 1 aliphatic carbocycles. The second kappa shape index (κ2) is 7.24. The lowest BCUT2D eigenvalue weighted by Gasteiger charge is -2.37. The van der Waals surface area contributed by atoms with E-state index in [2.05, 4.69) is 28.9 Å². The number of benzene rings is 1. The molecular formula is C22H26N4OS. The maximum atomic E-state index is 5.56. The van der Waals surface area contributed by atoms with Crippen molar-refractivity contribution in [3.63, 3.8) is 0 Å². The summed E-state index contributed by atoms with van der Waals surface area (Å²) in [6, 6.07) is 8.30. The van der Waals surface area contributed by atoms with Crippen LogP contribution in [0.15, 0.2) is 24.3 Å². The Kier molecular flexibility index (Phi) is 4.59. The van der Waals surface area contributed by atoms with Gasteiger partial charge in [-0.15, -0.1) is 11.3 Å². The minimum absolute atomic E-state index is 0.882. The van der Waals surface area contributed by atoms with Gasteiger partial charge in [0, 0.05) is 37.5 Å². The van der Waals surface area contributed by atoms with Gasteiger partial charge >= 0.3 is 0 Å². The number of nitrogens with zero attached hydrogens (tertiary/aromatic N) is 4. The molecule has 1 aromatic carbocycles. The van der Waals surface area contributed by atoms with E-state index in [9.17, 15) is 0 Å². The fraction of sp³-hybridized carbons (Fsp3) is 0.455. The van der Waals surface area contributed by atoms with E-state index in [1.807, 2.05) is 23.5 Å². The van der Waals surface area contributed by atoms with Crippen LogP contribution in [0.4, 0.5) is 11.5 Å². The molecule has 3 heterocycles. The molecule has 5 nitrogen and oxygen atoms in total. The Balaban J connectivity index is 1.46. The Bertz CT molecular complexity index is 1010. The van der Waals surface area contributed by atoms with Gasteiger partial charge in [0.25, 0.3) is 0 Å². The molecule has 5 rings (SSSR count). The Morgan fingerprint density at radius 1 is 1.04 bits per heavy atom. The van der Waals surface area contributed by atoms with Crippen molar-refractivity contribution in [2.45, 2.75) is 32.6 Å². The molecule has 2 aromatic heterocycles. The largest absolute Gasteiger partial charge is 0.495 e. The lowest BCUT2D eigenvalue weighted by molar-refractivity contribution is 0.413. The van der Waals surface area contributed by atoms with E-state index in [1.165, 1.54) is 51.4 Å². The molecule has 28 heavy (non-hydrogen) atoms. The zero-order valence-corrected chi connectivity index (χ0v) is 17.4. The molecule has 0 bridgehead atoms. The number of hydrogen-bond acceptors (Lipinski definition) is 6. The summed E-state index contributed by atoms with van der Waals surface area (Å²) in [6.45, 7) is 6.03. The predicted octanol–water partition coefficient (Wildman–Crippen LogP) is 4.08. The van der Waals surface area contributed by atoms with Gasteiger partial charge in [-0.05, 0) is 37.0 Å². The number of para-hydroxylation sites is 2. The highest BCUT2D eigenvalue weighted by molar-refractivity contribution is 7.19. The van der Waals surface area contributed by atoms with Gasteiger partial charge in [-0.3, -0.25) is 0 Å². The van der Waals surface area contributed by atoms with Crippen LogP contribution in [0.5, 0.6) is 5.75 Å². The van der Waals surface area contributed by atoms with Gasteiger partial charge < -0.3 is 14.5 Å². The van der Waals surface area contributed by atoms with Crippen LogP contribution in [0, 0.1) is 0 Å². The molecule has 0 radical (unpaired) electrons. The van der Waals surface area contributed by atoms with Gasteiger partial charge in [-0.25, -0.2) is 9.97 Å². The zero-order valence-electron chi connectivity index (χ0n) is 16.6. The Labute approximate surface area is 170 Å². The molecule has 0 unspecified atom stereocenters. The van der Waals surface area contributed by atoms with E-state index in [0.29, 0.717) is 0 Å². The lowest BCUT2D eigenvalue weighted by atomic mass is 10.1. The fourth-order valence-corrected chi connectivity index (χ4v) is 5.73. The average Bonchev–Trinajstić information content (AvgIpc) is 3.34. The third-order valence-corrected chi connectivity index (χ3v) is 7.10. The summed E-state index contributed by atoms with van der Waals surface area (Å²) in [5.41, 5.74) is 2.70. The molecule has 1 aliphatic heterocycles. The first-order chi connectivity index (χ1) is 13.8. The van der Waals surface area contributed by atoms with Crippen LogP contribution < -0.4 is 14.5 Å². The van der Waals surface area contributed by atoms with Crippen LogP contribution in [0.3, 0.4) is 0 Å². The van der Waals surface area contributed by atoms with Gasteiger partial charge in [0.05, 0.1) is 18.2 Å². The third kappa shape index (κ3) is 2.91. The number of aryl methyl sites for hydroxylation is 3. The highest BCUT2D eigenvalue weighted by Gasteiger charge is 2.27. The van der Waals surface area contributed by atoms with Gasteiger partial charge in [-0.1, -0.05) is 19.1 Å². The predicted molar refractivity (Wildman–Crippen MR) is 116 cm³/mol. The van der Waals surface area contributed by atoms with E-state index in [-0.39, 0.29) is 0 Å². The van der Waals surface area contributed by atoms with Gasteiger partial charge in [-0.2, -0.15) is 0 Å². The number of thiophene rings is 1. The number of aromatic nitrogens is 2. The molecule has 2 aliphatic rings. The Hall–Kier alpha value is -2.34. The van der Waals surface area contributed by atoms with Crippen LogP contribution >= 0.6 is 11.3 Å². The van der Waals surface area contributed by atoms with Gasteiger partial charge in [0.1, 0.15) is 22.2 Å². The van der Waals surface area contributed by atoms with E-state index in [1.54, 1.807) is 7.11 Å². The van der Waals surface area contributed by atoms with Crippen LogP contribution in [0.2, 0.25) is 0 Å². The average molecular weight is 395 g/mol. The summed E-state index contributed by atoms with van der Waals surface area (Å²) in [5, 5.41) is 1.33. The molecule has 146 valence electrons. The van der Waals surface area contributed by atoms with Crippen LogP contribution in [-0.4, -0.2) is 43.3 Å². The standard InChI is InChI=1S/C22H26N4OS/c1-3-19-23-21(20-15-7-6-10-18(15)28-22(20)24-19)26-13-11-25(12-14-26)16-8-4-5-9-17(16)27-2/h4-5,8-9H,3,6-7,10-14H2,1-2H3. The van der Waals surface area contributed by atoms with Crippen molar-refractivity contribution in [1.29, 1.82) is 0 Å². The molecule has 0 amide bonds. The molecule has 3 aromatic rings. The van der Waals surface area contributed by atoms with Crippen molar-refractivity contribution >= 4 is 33.1 Å². The van der Waals surface area contributed by atoms with Gasteiger partial charge in [0.15, 0.2) is 0 Å². The first kappa shape index (κ1) is 17.7. The maximum Gasteiger partial charge on any atom is 0.142 e. The molecule has 0 N–H and O–H groups in total. The van der Waals surface area contributed by atoms with Crippen molar-refractivity contribution < 1.29 is 4.74 Å². The molecule has 0 atom stereocenters. The number of hydrogen-bond donors (Lipinski definition) is 0. The number of anilines is 2. The minimum Gasteiger partial charge on any atom is -0.495 e. The zero-order chi connectivity index (χ0) is 19.1. The van der Waals surface area contributed by atoms with Crippen molar-refractivity contribution in [1.82, 2.24) is 9.97 Å². The Morgan fingerprint density at radius 2 is 1.82 bits per heavy atom. The quantitative estimate of drug-likeness (QED) is 0.667. The summed E-state index contributed by atoms with van der Waals surface area (Å²) >= 11 is 1.89. The molecule has 6 heteroatoms. The first-order valence-electron chi connectivity index (χ1n) is 10.2. The van der Waals surface area contributed by atoms with Crippen molar-refractivity contribution in [3.8, 4) is 5.75 Å². The highest BCUT2D eigenvalue weighted by Crippen LogP contribution is 2.41. The van der Waals surface area contributed by atoms with Crippen LogP contribution in [0.1, 0.15) is 29.6 Å². The van der Waals surface area contributed by atoms with Crippen molar-refractivity contribution in [2.75, 3.05) is 43.1 Å². The smallest absolute Gasteiger partial charge is 0.142 e. The summed E-state index contributed by atoms with van der Waals surface area (Å²) in [5.74, 6) is 3.08. The summed E-state index contributed by atoms with van der Waals surface area (Å²) in [6.07, 6.45) is 4.54. The number of piperazine rings is 1. The number of fused-ring (bicyclic) bond motifs is 3. The van der Waals surface area contributed by atoms with E-state index in [0.717, 1.165) is 44.2 Å². The molecular weight excluding hydrogens is 368 g/mol. The Morgan fingerprint density at radius 3 is 2.61 bits per heavy atom. The normalized spacial score (nSPS) is 16.6. The topological polar surface area (TPSA) is 41.5 Å². The number of methoxy groups -OCH3 is 1. The van der Waals surface area contributed by atoms with Crippen LogP contribution in [0.25, 0.3) is 10.2 Å². The highest BCUT2D eigenvalue weighted by atomic mass is 32.1. The maximum absolute atomic E-state index is 5.56. The molecule has 0 saturated carbocycles. The first-order valence-corrected chi connectivity index (χ1v) is 11.0. The van der Waals surface area contributed by atoms with Gasteiger partial charge in [0.2, 0.25) is 0 Å².